The minimum Gasteiger partial charge on any atom is -0.393 e. The van der Waals surface area contributed by atoms with Crippen LogP contribution in [0.5, 0.6) is 0 Å². The number of benzene rings is 1. The Kier molecular flexibility index (Phi) is 4.88. The number of nitrogens with one attached hydrogen (secondary N) is 1. The third-order valence-corrected chi connectivity index (χ3v) is 2.83. The number of anilines is 1. The number of carbonyl (C=O) groups is 1. The number of amides is 1. The molecule has 1 unspecified atom stereocenters. The summed E-state index contributed by atoms with van der Waals surface area (Å²) in [6.07, 6.45) is -3.96. The first kappa shape index (κ1) is 15.4. The molecule has 1 aromatic rings. The van der Waals surface area contributed by atoms with Crippen LogP contribution in [0, 0.1) is 5.92 Å². The number of carbonyl (C=O) groups excluding carboxylic acids is 1. The predicted molar refractivity (Wildman–Crippen MR) is 70.6 cm³/mol. The highest BCUT2D eigenvalue weighted by Crippen LogP contribution is 2.29. The second-order valence-corrected chi connectivity index (χ2v) is 4.40. The Labute approximate surface area is 114 Å². The van der Waals surface area contributed by atoms with Gasteiger partial charge in [0.15, 0.2) is 0 Å². The van der Waals surface area contributed by atoms with Crippen LogP contribution >= 0.6 is 12.2 Å². The summed E-state index contributed by atoms with van der Waals surface area (Å²) in [5, 5.41) is 2.48. The molecular formula is C12H13F3N2OS. The lowest BCUT2D eigenvalue weighted by molar-refractivity contribution is -0.137. The van der Waals surface area contributed by atoms with Crippen molar-refractivity contribution in [2.75, 3.05) is 5.32 Å². The van der Waals surface area contributed by atoms with Gasteiger partial charge in [-0.05, 0) is 30.7 Å². The van der Waals surface area contributed by atoms with E-state index < -0.39 is 23.6 Å². The van der Waals surface area contributed by atoms with Crippen LogP contribution in [0.3, 0.4) is 0 Å². The van der Waals surface area contributed by atoms with Crippen molar-refractivity contribution < 1.29 is 18.0 Å². The molecule has 7 heteroatoms. The summed E-state index contributed by atoms with van der Waals surface area (Å²) in [5.41, 5.74) is 4.90. The van der Waals surface area contributed by atoms with Crippen molar-refractivity contribution in [3.8, 4) is 0 Å². The van der Waals surface area contributed by atoms with Crippen molar-refractivity contribution in [2.45, 2.75) is 19.5 Å². The number of hydrogen-bond acceptors (Lipinski definition) is 2. The van der Waals surface area contributed by atoms with Crippen LogP contribution in [0.25, 0.3) is 0 Å². The molecule has 0 bridgehead atoms. The normalized spacial score (nSPS) is 12.8. The summed E-state index contributed by atoms with van der Waals surface area (Å²) in [7, 11) is 0. The standard InChI is InChI=1S/C12H13F3N2OS/c1-2-9(10(16)19)11(18)17-8-5-3-7(4-6-8)12(13,14)15/h3-6,9H,2H2,1H3,(H2,16,19)(H,17,18). The zero-order valence-corrected chi connectivity index (χ0v) is 10.9. The molecule has 3 nitrogen and oxygen atoms in total. The molecule has 3 N–H and O–H groups in total. The van der Waals surface area contributed by atoms with E-state index in [1.807, 2.05) is 0 Å². The summed E-state index contributed by atoms with van der Waals surface area (Å²) >= 11 is 4.75. The summed E-state index contributed by atoms with van der Waals surface area (Å²) < 4.78 is 37.0. The van der Waals surface area contributed by atoms with Gasteiger partial charge in [-0.25, -0.2) is 0 Å². The van der Waals surface area contributed by atoms with E-state index in [1.54, 1.807) is 6.92 Å². The van der Waals surface area contributed by atoms with E-state index in [-0.39, 0.29) is 10.7 Å². The molecule has 0 heterocycles. The van der Waals surface area contributed by atoms with Gasteiger partial charge in [0.2, 0.25) is 5.91 Å². The SMILES string of the molecule is CCC(C(=O)Nc1ccc(C(F)(F)F)cc1)C(N)=S. The molecule has 0 aliphatic rings. The van der Waals surface area contributed by atoms with Crippen LogP contribution in [0.1, 0.15) is 18.9 Å². The van der Waals surface area contributed by atoms with Crippen molar-refractivity contribution in [1.29, 1.82) is 0 Å². The highest BCUT2D eigenvalue weighted by atomic mass is 32.1. The van der Waals surface area contributed by atoms with Crippen LogP contribution in [0.15, 0.2) is 24.3 Å². The van der Waals surface area contributed by atoms with Crippen molar-refractivity contribution in [3.63, 3.8) is 0 Å². The Morgan fingerprint density at radius 1 is 1.37 bits per heavy atom. The molecule has 0 aromatic heterocycles. The van der Waals surface area contributed by atoms with Gasteiger partial charge in [-0.2, -0.15) is 13.2 Å². The Balaban J connectivity index is 2.78. The maximum atomic E-state index is 12.3. The van der Waals surface area contributed by atoms with E-state index in [0.29, 0.717) is 6.42 Å². The number of rotatable bonds is 4. The van der Waals surface area contributed by atoms with Crippen LogP contribution in [-0.4, -0.2) is 10.9 Å². The van der Waals surface area contributed by atoms with E-state index in [9.17, 15) is 18.0 Å². The Morgan fingerprint density at radius 2 is 1.89 bits per heavy atom. The van der Waals surface area contributed by atoms with E-state index >= 15 is 0 Å². The van der Waals surface area contributed by atoms with Gasteiger partial charge in [0, 0.05) is 5.69 Å². The van der Waals surface area contributed by atoms with Crippen LogP contribution in [0.2, 0.25) is 0 Å². The van der Waals surface area contributed by atoms with Crippen molar-refractivity contribution >= 4 is 28.8 Å². The zero-order chi connectivity index (χ0) is 14.6. The highest BCUT2D eigenvalue weighted by Gasteiger charge is 2.30. The lowest BCUT2D eigenvalue weighted by Crippen LogP contribution is -2.32. The smallest absolute Gasteiger partial charge is 0.393 e. The first-order valence-corrected chi connectivity index (χ1v) is 5.94. The predicted octanol–water partition coefficient (Wildman–Crippen LogP) is 2.96. The van der Waals surface area contributed by atoms with Gasteiger partial charge in [0.05, 0.1) is 16.5 Å². The Hall–Kier alpha value is -1.63. The summed E-state index contributed by atoms with van der Waals surface area (Å²) in [6.45, 7) is 1.75. The third-order valence-electron chi connectivity index (χ3n) is 2.55. The average Bonchev–Trinajstić information content (AvgIpc) is 2.28. The molecule has 1 aromatic carbocycles. The quantitative estimate of drug-likeness (QED) is 0.838. The zero-order valence-electron chi connectivity index (χ0n) is 10.1. The fraction of sp³-hybridized carbons (Fsp3) is 0.333. The van der Waals surface area contributed by atoms with Crippen molar-refractivity contribution in [2.24, 2.45) is 11.7 Å². The molecule has 104 valence electrons. The first-order chi connectivity index (χ1) is 8.75. The molecule has 0 radical (unpaired) electrons. The molecule has 0 fully saturated rings. The highest BCUT2D eigenvalue weighted by molar-refractivity contribution is 7.80. The summed E-state index contributed by atoms with van der Waals surface area (Å²) in [5.74, 6) is -1.05. The van der Waals surface area contributed by atoms with E-state index in [4.69, 9.17) is 18.0 Å². The Morgan fingerprint density at radius 3 is 2.26 bits per heavy atom. The lowest BCUT2D eigenvalue weighted by atomic mass is 10.1. The van der Waals surface area contributed by atoms with Gasteiger partial charge < -0.3 is 11.1 Å². The first-order valence-electron chi connectivity index (χ1n) is 5.53. The second kappa shape index (κ2) is 6.01. The topological polar surface area (TPSA) is 55.1 Å². The molecule has 1 atom stereocenters. The fourth-order valence-corrected chi connectivity index (χ4v) is 1.76. The molecule has 0 spiro atoms. The number of nitrogens with two attached hydrogens (primary N) is 1. The van der Waals surface area contributed by atoms with Crippen LogP contribution < -0.4 is 11.1 Å². The lowest BCUT2D eigenvalue weighted by Gasteiger charge is -2.14. The summed E-state index contributed by atoms with van der Waals surface area (Å²) in [6, 6.07) is 4.18. The maximum absolute atomic E-state index is 12.3. The van der Waals surface area contributed by atoms with E-state index in [1.165, 1.54) is 12.1 Å². The molecule has 1 amide bonds. The maximum Gasteiger partial charge on any atom is 0.416 e. The molecule has 0 aliphatic carbocycles. The van der Waals surface area contributed by atoms with Gasteiger partial charge in [0.1, 0.15) is 0 Å². The Bertz CT molecular complexity index is 471. The number of thiocarbonyl (C=S) groups is 1. The number of halogens is 3. The van der Waals surface area contributed by atoms with Gasteiger partial charge in [-0.1, -0.05) is 19.1 Å². The van der Waals surface area contributed by atoms with Crippen LogP contribution in [0.4, 0.5) is 18.9 Å². The van der Waals surface area contributed by atoms with Crippen LogP contribution in [-0.2, 0) is 11.0 Å². The van der Waals surface area contributed by atoms with E-state index in [2.05, 4.69) is 5.32 Å². The van der Waals surface area contributed by atoms with Gasteiger partial charge >= 0.3 is 6.18 Å². The molecule has 0 saturated carbocycles. The molecule has 1 rings (SSSR count). The molecular weight excluding hydrogens is 277 g/mol. The average molecular weight is 290 g/mol. The largest absolute Gasteiger partial charge is 0.416 e. The third kappa shape index (κ3) is 4.20. The minimum absolute atomic E-state index is 0.0620. The minimum atomic E-state index is -4.40. The molecule has 0 saturated heterocycles. The molecule has 0 aliphatic heterocycles. The number of hydrogen-bond donors (Lipinski definition) is 2. The van der Waals surface area contributed by atoms with Crippen molar-refractivity contribution in [3.05, 3.63) is 29.8 Å². The number of alkyl halides is 3. The van der Waals surface area contributed by atoms with Gasteiger partial charge in [-0.3, -0.25) is 4.79 Å². The summed E-state index contributed by atoms with van der Waals surface area (Å²) in [4.78, 5) is 11.8. The van der Waals surface area contributed by atoms with Crippen molar-refractivity contribution in [1.82, 2.24) is 0 Å². The monoisotopic (exact) mass is 290 g/mol. The van der Waals surface area contributed by atoms with Gasteiger partial charge in [-0.15, -0.1) is 0 Å². The van der Waals surface area contributed by atoms with E-state index in [0.717, 1.165) is 12.1 Å². The van der Waals surface area contributed by atoms with Gasteiger partial charge in [0.25, 0.3) is 0 Å². The molecule has 19 heavy (non-hydrogen) atoms. The fourth-order valence-electron chi connectivity index (χ4n) is 1.49. The second-order valence-electron chi connectivity index (χ2n) is 3.93.